The van der Waals surface area contributed by atoms with Gasteiger partial charge < -0.3 is 9.73 Å². The zero-order chi connectivity index (χ0) is 8.60. The molecule has 1 aromatic rings. The fraction of sp³-hybridized carbons (Fsp3) is 0.750. The molecule has 0 saturated heterocycles. The molecule has 66 valence electrons. The molecule has 1 N–H and O–H groups in total. The first-order valence-electron chi connectivity index (χ1n) is 4.22. The van der Waals surface area contributed by atoms with Crippen LogP contribution in [-0.2, 0) is 6.54 Å². The molecule has 4 heteroatoms. The molecule has 4 nitrogen and oxygen atoms in total. The molecule has 1 aliphatic rings. The van der Waals surface area contributed by atoms with Crippen LogP contribution in [0.15, 0.2) is 4.42 Å². The molecular formula is C8H13N3O. The lowest BCUT2D eigenvalue weighted by Gasteiger charge is -2.07. The van der Waals surface area contributed by atoms with Gasteiger partial charge in [-0.05, 0) is 19.8 Å². The zero-order valence-electron chi connectivity index (χ0n) is 7.42. The van der Waals surface area contributed by atoms with Crippen LogP contribution >= 0.6 is 0 Å². The number of nitrogens with one attached hydrogen (secondary N) is 1. The summed E-state index contributed by atoms with van der Waals surface area (Å²) in [6.45, 7) is 4.70. The van der Waals surface area contributed by atoms with Gasteiger partial charge in [-0.3, -0.25) is 0 Å². The van der Waals surface area contributed by atoms with Gasteiger partial charge in [-0.15, -0.1) is 10.2 Å². The second kappa shape index (κ2) is 2.55. The normalized spacial score (nSPS) is 19.5. The van der Waals surface area contributed by atoms with Crippen molar-refractivity contribution in [1.29, 1.82) is 0 Å². The molecule has 0 aliphatic heterocycles. The molecule has 2 rings (SSSR count). The van der Waals surface area contributed by atoms with Crippen molar-refractivity contribution < 1.29 is 4.42 Å². The maximum absolute atomic E-state index is 5.22. The van der Waals surface area contributed by atoms with E-state index in [9.17, 15) is 0 Å². The summed E-state index contributed by atoms with van der Waals surface area (Å²) in [5.74, 6) is 1.31. The van der Waals surface area contributed by atoms with Gasteiger partial charge in [0.2, 0.25) is 11.8 Å². The fourth-order valence-corrected chi connectivity index (χ4v) is 1.06. The van der Waals surface area contributed by atoms with Crippen LogP contribution in [0.1, 0.15) is 31.5 Å². The van der Waals surface area contributed by atoms with E-state index in [1.807, 2.05) is 0 Å². The zero-order valence-corrected chi connectivity index (χ0v) is 7.42. The Morgan fingerprint density at radius 3 is 2.75 bits per heavy atom. The van der Waals surface area contributed by atoms with Gasteiger partial charge in [0, 0.05) is 12.5 Å². The Kier molecular flexibility index (Phi) is 1.65. The summed E-state index contributed by atoms with van der Waals surface area (Å²) in [5.41, 5.74) is 0.336. The molecule has 0 bridgehead atoms. The van der Waals surface area contributed by atoms with Gasteiger partial charge >= 0.3 is 0 Å². The Bertz CT molecular complexity index is 278. The Morgan fingerprint density at radius 1 is 1.50 bits per heavy atom. The van der Waals surface area contributed by atoms with Crippen molar-refractivity contribution in [2.75, 3.05) is 0 Å². The van der Waals surface area contributed by atoms with Gasteiger partial charge in [-0.2, -0.15) is 0 Å². The van der Waals surface area contributed by atoms with Crippen LogP contribution in [0, 0.1) is 6.92 Å². The summed E-state index contributed by atoms with van der Waals surface area (Å²) in [6, 6.07) is 0. The van der Waals surface area contributed by atoms with E-state index >= 15 is 0 Å². The van der Waals surface area contributed by atoms with Crippen LogP contribution in [0.5, 0.6) is 0 Å². The predicted octanol–water partition coefficient (Wildman–Crippen LogP) is 1.02. The van der Waals surface area contributed by atoms with Gasteiger partial charge in [0.15, 0.2) is 0 Å². The Hall–Kier alpha value is -0.900. The number of aryl methyl sites for hydroxylation is 1. The number of aromatic nitrogens is 2. The van der Waals surface area contributed by atoms with Gasteiger partial charge in [-0.1, -0.05) is 0 Å². The third kappa shape index (κ3) is 1.64. The van der Waals surface area contributed by atoms with Crippen LogP contribution in [-0.4, -0.2) is 15.7 Å². The van der Waals surface area contributed by atoms with Gasteiger partial charge in [-0.25, -0.2) is 0 Å². The minimum atomic E-state index is 0.336. The van der Waals surface area contributed by atoms with Crippen molar-refractivity contribution in [3.8, 4) is 0 Å². The molecule has 0 aromatic carbocycles. The van der Waals surface area contributed by atoms with E-state index in [1.165, 1.54) is 12.8 Å². The first-order valence-corrected chi connectivity index (χ1v) is 4.22. The first-order chi connectivity index (χ1) is 5.68. The highest BCUT2D eigenvalue weighted by Crippen LogP contribution is 2.34. The van der Waals surface area contributed by atoms with Crippen LogP contribution < -0.4 is 5.32 Å². The molecule has 12 heavy (non-hydrogen) atoms. The van der Waals surface area contributed by atoms with Crippen molar-refractivity contribution in [3.05, 3.63) is 11.8 Å². The van der Waals surface area contributed by atoms with Gasteiger partial charge in [0.1, 0.15) is 0 Å². The maximum atomic E-state index is 5.22. The molecular weight excluding hydrogens is 154 g/mol. The predicted molar refractivity (Wildman–Crippen MR) is 43.5 cm³/mol. The Morgan fingerprint density at radius 2 is 2.25 bits per heavy atom. The van der Waals surface area contributed by atoms with Crippen molar-refractivity contribution in [2.24, 2.45) is 0 Å². The van der Waals surface area contributed by atoms with Crippen molar-refractivity contribution in [1.82, 2.24) is 15.5 Å². The standard InChI is InChI=1S/C8H13N3O/c1-6-10-11-7(12-6)5-9-8(2)3-4-8/h9H,3-5H2,1-2H3. The van der Waals surface area contributed by atoms with E-state index in [2.05, 4.69) is 22.4 Å². The topological polar surface area (TPSA) is 51.0 Å². The molecule has 0 atom stereocenters. The number of hydrogen-bond donors (Lipinski definition) is 1. The molecule has 0 spiro atoms. The molecule has 1 aliphatic carbocycles. The maximum Gasteiger partial charge on any atom is 0.230 e. The van der Waals surface area contributed by atoms with Crippen LogP contribution in [0.3, 0.4) is 0 Å². The lowest BCUT2D eigenvalue weighted by molar-refractivity contribution is 0.421. The second-order valence-electron chi connectivity index (χ2n) is 3.63. The highest BCUT2D eigenvalue weighted by atomic mass is 16.4. The van der Waals surface area contributed by atoms with E-state index in [1.54, 1.807) is 6.92 Å². The molecule has 0 radical (unpaired) electrons. The van der Waals surface area contributed by atoms with E-state index in [0.29, 0.717) is 23.9 Å². The monoisotopic (exact) mass is 167 g/mol. The summed E-state index contributed by atoms with van der Waals surface area (Å²) in [4.78, 5) is 0. The quantitative estimate of drug-likeness (QED) is 0.730. The number of rotatable bonds is 3. The second-order valence-corrected chi connectivity index (χ2v) is 3.63. The average molecular weight is 167 g/mol. The fourth-order valence-electron chi connectivity index (χ4n) is 1.06. The molecule has 1 fully saturated rings. The summed E-state index contributed by atoms with van der Waals surface area (Å²) in [7, 11) is 0. The molecule has 1 heterocycles. The SMILES string of the molecule is Cc1nnc(CNC2(C)CC2)o1. The van der Waals surface area contributed by atoms with Crippen molar-refractivity contribution in [2.45, 2.75) is 38.8 Å². The van der Waals surface area contributed by atoms with E-state index in [-0.39, 0.29) is 0 Å². The summed E-state index contributed by atoms with van der Waals surface area (Å²) in [6.07, 6.45) is 2.50. The highest BCUT2D eigenvalue weighted by Gasteiger charge is 2.36. The minimum absolute atomic E-state index is 0.336. The van der Waals surface area contributed by atoms with E-state index in [4.69, 9.17) is 4.42 Å². The van der Waals surface area contributed by atoms with E-state index in [0.717, 1.165) is 0 Å². The first kappa shape index (κ1) is 7.73. The van der Waals surface area contributed by atoms with Crippen LogP contribution in [0.25, 0.3) is 0 Å². The van der Waals surface area contributed by atoms with E-state index < -0.39 is 0 Å². The molecule has 0 amide bonds. The van der Waals surface area contributed by atoms with Crippen molar-refractivity contribution in [3.63, 3.8) is 0 Å². The largest absolute Gasteiger partial charge is 0.424 e. The van der Waals surface area contributed by atoms with Gasteiger partial charge in [0.25, 0.3) is 0 Å². The third-order valence-electron chi connectivity index (χ3n) is 2.23. The number of hydrogen-bond acceptors (Lipinski definition) is 4. The van der Waals surface area contributed by atoms with Crippen LogP contribution in [0.2, 0.25) is 0 Å². The Balaban J connectivity index is 1.87. The van der Waals surface area contributed by atoms with Crippen LogP contribution in [0.4, 0.5) is 0 Å². The number of nitrogens with zero attached hydrogens (tertiary/aromatic N) is 2. The highest BCUT2D eigenvalue weighted by molar-refractivity contribution is 4.98. The molecule has 1 saturated carbocycles. The summed E-state index contributed by atoms with van der Waals surface area (Å²) < 4.78 is 5.22. The van der Waals surface area contributed by atoms with Gasteiger partial charge in [0.05, 0.1) is 6.54 Å². The minimum Gasteiger partial charge on any atom is -0.424 e. The Labute approximate surface area is 71.4 Å². The lowest BCUT2D eigenvalue weighted by Crippen LogP contribution is -2.27. The summed E-state index contributed by atoms with van der Waals surface area (Å²) in [5, 5.41) is 11.0. The average Bonchev–Trinajstić information content (AvgIpc) is 2.60. The lowest BCUT2D eigenvalue weighted by atomic mass is 10.3. The van der Waals surface area contributed by atoms with Crippen molar-refractivity contribution >= 4 is 0 Å². The molecule has 0 unspecified atom stereocenters. The summed E-state index contributed by atoms with van der Waals surface area (Å²) >= 11 is 0. The molecule has 1 aromatic heterocycles. The smallest absolute Gasteiger partial charge is 0.230 e. The third-order valence-corrected chi connectivity index (χ3v) is 2.23.